The topological polar surface area (TPSA) is 78.3 Å². The Bertz CT molecular complexity index is 598. The third-order valence-electron chi connectivity index (χ3n) is 3.46. The average molecular weight is 262 g/mol. The molecule has 102 valence electrons. The molecule has 2 aromatic rings. The van der Waals surface area contributed by atoms with Gasteiger partial charge >= 0.3 is 5.69 Å². The van der Waals surface area contributed by atoms with E-state index in [9.17, 15) is 4.79 Å². The Kier molecular flexibility index (Phi) is 3.45. The molecule has 3 heterocycles. The monoisotopic (exact) mass is 262 g/mol. The number of hydrogen-bond acceptors (Lipinski definition) is 5. The van der Waals surface area contributed by atoms with Crippen LogP contribution in [0.5, 0.6) is 0 Å². The molecule has 7 nitrogen and oxygen atoms in total. The smallest absolute Gasteiger partial charge is 0.364 e. The van der Waals surface area contributed by atoms with Gasteiger partial charge in [0.05, 0.1) is 0 Å². The van der Waals surface area contributed by atoms with Crippen LogP contribution in [0.1, 0.15) is 19.3 Å². The second kappa shape index (κ2) is 5.40. The zero-order valence-electron chi connectivity index (χ0n) is 10.8. The highest BCUT2D eigenvalue weighted by molar-refractivity contribution is 5.42. The number of fused-ring (bicyclic) bond motifs is 1. The summed E-state index contributed by atoms with van der Waals surface area (Å²) >= 11 is 0. The predicted octanol–water partition coefficient (Wildman–Crippen LogP) is 0.315. The van der Waals surface area contributed by atoms with Gasteiger partial charge in [-0.05, 0) is 38.1 Å². The number of nitrogens with one attached hydrogen (secondary N) is 2. The first kappa shape index (κ1) is 12.2. The Morgan fingerprint density at radius 1 is 1.26 bits per heavy atom. The minimum absolute atomic E-state index is 0.310. The van der Waals surface area contributed by atoms with E-state index in [1.165, 1.54) is 36.9 Å². The van der Waals surface area contributed by atoms with Gasteiger partial charge in [-0.1, -0.05) is 6.42 Å². The lowest BCUT2D eigenvalue weighted by Crippen LogP contribution is -2.33. The summed E-state index contributed by atoms with van der Waals surface area (Å²) in [6, 6.07) is 3.61. The van der Waals surface area contributed by atoms with Gasteiger partial charge in [-0.2, -0.15) is 9.61 Å². The van der Waals surface area contributed by atoms with Crippen LogP contribution < -0.4 is 11.0 Å². The number of H-pyrrole nitrogens is 1. The van der Waals surface area contributed by atoms with Crippen LogP contribution in [0, 0.1) is 0 Å². The third-order valence-corrected chi connectivity index (χ3v) is 3.46. The molecule has 0 bridgehead atoms. The quantitative estimate of drug-likeness (QED) is 0.829. The highest BCUT2D eigenvalue weighted by Crippen LogP contribution is 2.08. The lowest BCUT2D eigenvalue weighted by molar-refractivity contribution is 0.237. The van der Waals surface area contributed by atoms with E-state index in [1.54, 1.807) is 6.07 Å². The van der Waals surface area contributed by atoms with E-state index < -0.39 is 0 Å². The second-order valence-corrected chi connectivity index (χ2v) is 4.85. The van der Waals surface area contributed by atoms with Crippen molar-refractivity contribution in [2.75, 3.05) is 31.5 Å². The first-order valence-electron chi connectivity index (χ1n) is 6.74. The van der Waals surface area contributed by atoms with Gasteiger partial charge in [0.1, 0.15) is 5.82 Å². The van der Waals surface area contributed by atoms with Crippen LogP contribution in [0.4, 0.5) is 5.82 Å². The molecule has 1 saturated heterocycles. The lowest BCUT2D eigenvalue weighted by Gasteiger charge is -2.26. The molecule has 0 amide bonds. The maximum absolute atomic E-state index is 11.4. The van der Waals surface area contributed by atoms with Crippen molar-refractivity contribution in [2.24, 2.45) is 0 Å². The van der Waals surface area contributed by atoms with Crippen molar-refractivity contribution in [3.05, 3.63) is 22.6 Å². The molecule has 2 N–H and O–H groups in total. The van der Waals surface area contributed by atoms with Crippen molar-refractivity contribution in [1.29, 1.82) is 0 Å². The number of rotatable bonds is 4. The van der Waals surface area contributed by atoms with Crippen LogP contribution in [0.3, 0.4) is 0 Å². The zero-order valence-corrected chi connectivity index (χ0v) is 10.8. The molecule has 7 heteroatoms. The van der Waals surface area contributed by atoms with E-state index in [0.717, 1.165) is 13.1 Å². The predicted molar refractivity (Wildman–Crippen MR) is 72.4 cm³/mol. The van der Waals surface area contributed by atoms with Crippen molar-refractivity contribution in [1.82, 2.24) is 24.7 Å². The molecule has 3 rings (SSSR count). The Balaban J connectivity index is 1.58. The average Bonchev–Trinajstić information content (AvgIpc) is 2.82. The number of likely N-dealkylation sites (tertiary alicyclic amines) is 1. The summed E-state index contributed by atoms with van der Waals surface area (Å²) in [6.07, 6.45) is 3.95. The summed E-state index contributed by atoms with van der Waals surface area (Å²) in [4.78, 5) is 13.9. The molecule has 2 aromatic heterocycles. The van der Waals surface area contributed by atoms with Gasteiger partial charge in [0.2, 0.25) is 0 Å². The number of nitrogens with zero attached hydrogens (tertiary/aromatic N) is 4. The summed E-state index contributed by atoms with van der Waals surface area (Å²) in [5, 5.41) is 13.7. The van der Waals surface area contributed by atoms with Gasteiger partial charge in [-0.25, -0.2) is 9.89 Å². The molecular weight excluding hydrogens is 244 g/mol. The number of piperidine rings is 1. The SMILES string of the molecule is O=c1[nH]nc2ccc(NCCN3CCCCC3)nn12. The molecule has 1 aliphatic heterocycles. The van der Waals surface area contributed by atoms with Crippen LogP contribution in [-0.2, 0) is 0 Å². The number of hydrogen-bond donors (Lipinski definition) is 2. The van der Waals surface area contributed by atoms with E-state index >= 15 is 0 Å². The maximum Gasteiger partial charge on any atom is 0.364 e. The molecular formula is C12H18N6O. The Morgan fingerprint density at radius 2 is 2.11 bits per heavy atom. The van der Waals surface area contributed by atoms with Gasteiger partial charge in [0.15, 0.2) is 5.65 Å². The first-order valence-corrected chi connectivity index (χ1v) is 6.74. The fourth-order valence-electron chi connectivity index (χ4n) is 2.42. The number of anilines is 1. The van der Waals surface area contributed by atoms with Crippen LogP contribution in [0.25, 0.3) is 5.65 Å². The van der Waals surface area contributed by atoms with E-state index in [2.05, 4.69) is 25.5 Å². The highest BCUT2D eigenvalue weighted by Gasteiger charge is 2.09. The normalized spacial score (nSPS) is 16.8. The Hall–Kier alpha value is -1.89. The summed E-state index contributed by atoms with van der Waals surface area (Å²) < 4.78 is 1.27. The van der Waals surface area contributed by atoms with Gasteiger partial charge in [-0.15, -0.1) is 5.10 Å². The number of aromatic nitrogens is 4. The van der Waals surface area contributed by atoms with Crippen LogP contribution in [-0.4, -0.2) is 50.9 Å². The molecule has 0 radical (unpaired) electrons. The van der Waals surface area contributed by atoms with Crippen molar-refractivity contribution in [2.45, 2.75) is 19.3 Å². The molecule has 0 saturated carbocycles. The number of aromatic amines is 1. The van der Waals surface area contributed by atoms with Gasteiger partial charge in [-0.3, -0.25) is 0 Å². The van der Waals surface area contributed by atoms with E-state index in [-0.39, 0.29) is 5.69 Å². The summed E-state index contributed by atoms with van der Waals surface area (Å²) in [5.74, 6) is 0.702. The second-order valence-electron chi connectivity index (χ2n) is 4.85. The van der Waals surface area contributed by atoms with Gasteiger partial charge < -0.3 is 10.2 Å². The third kappa shape index (κ3) is 2.76. The molecule has 1 fully saturated rings. The molecule has 0 aromatic carbocycles. The lowest BCUT2D eigenvalue weighted by atomic mass is 10.1. The maximum atomic E-state index is 11.4. The molecule has 19 heavy (non-hydrogen) atoms. The van der Waals surface area contributed by atoms with Crippen LogP contribution in [0.2, 0.25) is 0 Å². The standard InChI is InChI=1S/C12H18N6O/c19-12-15-14-11-5-4-10(16-18(11)12)13-6-9-17-7-2-1-3-8-17/h4-5H,1-3,6-9H2,(H,13,16)(H,15,19). The molecule has 0 atom stereocenters. The fourth-order valence-corrected chi connectivity index (χ4v) is 2.42. The van der Waals surface area contributed by atoms with Crippen LogP contribution in [0.15, 0.2) is 16.9 Å². The van der Waals surface area contributed by atoms with E-state index in [1.807, 2.05) is 6.07 Å². The van der Waals surface area contributed by atoms with Crippen molar-refractivity contribution >= 4 is 11.5 Å². The Labute approximate surface area is 110 Å². The molecule has 0 unspecified atom stereocenters. The van der Waals surface area contributed by atoms with Crippen molar-refractivity contribution < 1.29 is 0 Å². The van der Waals surface area contributed by atoms with Crippen molar-refractivity contribution in [3.63, 3.8) is 0 Å². The van der Waals surface area contributed by atoms with E-state index in [4.69, 9.17) is 0 Å². The van der Waals surface area contributed by atoms with Gasteiger partial charge in [0.25, 0.3) is 0 Å². The van der Waals surface area contributed by atoms with E-state index in [0.29, 0.717) is 11.5 Å². The van der Waals surface area contributed by atoms with Crippen LogP contribution >= 0.6 is 0 Å². The zero-order chi connectivity index (χ0) is 13.1. The molecule has 0 spiro atoms. The summed E-state index contributed by atoms with van der Waals surface area (Å²) in [7, 11) is 0. The minimum Gasteiger partial charge on any atom is -0.367 e. The summed E-state index contributed by atoms with van der Waals surface area (Å²) in [6.45, 7) is 4.23. The minimum atomic E-state index is -0.310. The Morgan fingerprint density at radius 3 is 2.95 bits per heavy atom. The summed E-state index contributed by atoms with van der Waals surface area (Å²) in [5.41, 5.74) is 0.223. The van der Waals surface area contributed by atoms with Gasteiger partial charge in [0, 0.05) is 13.1 Å². The molecule has 0 aliphatic carbocycles. The highest BCUT2D eigenvalue weighted by atomic mass is 16.2. The van der Waals surface area contributed by atoms with Crippen molar-refractivity contribution in [3.8, 4) is 0 Å². The first-order chi connectivity index (χ1) is 9.33. The largest absolute Gasteiger partial charge is 0.367 e. The fraction of sp³-hybridized carbons (Fsp3) is 0.583. The molecule has 1 aliphatic rings.